The molecule has 0 unspecified atom stereocenters. The fraction of sp³-hybridized carbons (Fsp3) is 0.400. The minimum absolute atomic E-state index is 0.360. The van der Waals surface area contributed by atoms with Crippen LogP contribution in [0.4, 0.5) is 4.39 Å². The standard InChI is InChI=1S/C10H12FNO2/c1-14-9-4-7(11)2-3-8(9)10(13)5-12-6-10/h2-4,12-13H,5-6H2,1H3. The molecule has 0 amide bonds. The van der Waals surface area contributed by atoms with Crippen molar-refractivity contribution in [2.24, 2.45) is 0 Å². The molecule has 1 aliphatic heterocycles. The molecule has 0 radical (unpaired) electrons. The molecule has 1 saturated heterocycles. The molecule has 1 heterocycles. The Morgan fingerprint density at radius 2 is 2.21 bits per heavy atom. The van der Waals surface area contributed by atoms with Gasteiger partial charge in [0.1, 0.15) is 17.2 Å². The van der Waals surface area contributed by atoms with Gasteiger partial charge in [-0.05, 0) is 12.1 Å². The van der Waals surface area contributed by atoms with Gasteiger partial charge in [-0.15, -0.1) is 0 Å². The third-order valence-corrected chi connectivity index (χ3v) is 2.50. The summed E-state index contributed by atoms with van der Waals surface area (Å²) in [5.74, 6) is 0.0375. The summed E-state index contributed by atoms with van der Waals surface area (Å²) >= 11 is 0. The van der Waals surface area contributed by atoms with E-state index in [0.717, 1.165) is 0 Å². The number of β-amino-alcohol motifs (C(OH)–C–C–N with tert-alkyl or cyclic N) is 1. The summed E-state index contributed by atoms with van der Waals surface area (Å²) in [4.78, 5) is 0. The Bertz CT molecular complexity index is 350. The lowest BCUT2D eigenvalue weighted by Crippen LogP contribution is -2.56. The van der Waals surface area contributed by atoms with E-state index in [1.54, 1.807) is 6.07 Å². The van der Waals surface area contributed by atoms with Crippen LogP contribution >= 0.6 is 0 Å². The van der Waals surface area contributed by atoms with Crippen LogP contribution in [0.1, 0.15) is 5.56 Å². The SMILES string of the molecule is COc1cc(F)ccc1C1(O)CNC1. The molecule has 4 heteroatoms. The zero-order chi connectivity index (χ0) is 10.2. The van der Waals surface area contributed by atoms with E-state index in [0.29, 0.717) is 24.4 Å². The van der Waals surface area contributed by atoms with Gasteiger partial charge in [0.25, 0.3) is 0 Å². The summed E-state index contributed by atoms with van der Waals surface area (Å²) in [7, 11) is 1.47. The third kappa shape index (κ3) is 1.36. The summed E-state index contributed by atoms with van der Waals surface area (Å²) in [6.07, 6.45) is 0. The second kappa shape index (κ2) is 3.22. The van der Waals surface area contributed by atoms with E-state index in [9.17, 15) is 9.50 Å². The number of rotatable bonds is 2. The molecule has 0 aromatic heterocycles. The van der Waals surface area contributed by atoms with Crippen LogP contribution in [0.25, 0.3) is 0 Å². The zero-order valence-corrected chi connectivity index (χ0v) is 7.88. The highest BCUT2D eigenvalue weighted by molar-refractivity contribution is 5.40. The number of methoxy groups -OCH3 is 1. The molecule has 2 N–H and O–H groups in total. The quantitative estimate of drug-likeness (QED) is 0.730. The molecule has 1 aromatic carbocycles. The molecule has 0 atom stereocenters. The van der Waals surface area contributed by atoms with E-state index in [1.807, 2.05) is 0 Å². The van der Waals surface area contributed by atoms with Crippen molar-refractivity contribution in [3.63, 3.8) is 0 Å². The van der Waals surface area contributed by atoms with Gasteiger partial charge in [-0.25, -0.2) is 4.39 Å². The van der Waals surface area contributed by atoms with E-state index in [4.69, 9.17) is 4.74 Å². The van der Waals surface area contributed by atoms with Crippen molar-refractivity contribution in [1.82, 2.24) is 5.32 Å². The van der Waals surface area contributed by atoms with E-state index in [2.05, 4.69) is 5.32 Å². The summed E-state index contributed by atoms with van der Waals surface area (Å²) in [6, 6.07) is 4.18. The number of ether oxygens (including phenoxy) is 1. The lowest BCUT2D eigenvalue weighted by molar-refractivity contribution is -0.0165. The van der Waals surface area contributed by atoms with E-state index >= 15 is 0 Å². The van der Waals surface area contributed by atoms with Crippen molar-refractivity contribution in [1.29, 1.82) is 0 Å². The van der Waals surface area contributed by atoms with Gasteiger partial charge in [-0.2, -0.15) is 0 Å². The van der Waals surface area contributed by atoms with Crippen LogP contribution in [0.15, 0.2) is 18.2 Å². The molecular weight excluding hydrogens is 185 g/mol. The van der Waals surface area contributed by atoms with Crippen molar-refractivity contribution in [2.45, 2.75) is 5.60 Å². The van der Waals surface area contributed by atoms with Crippen LogP contribution in [0, 0.1) is 5.82 Å². The number of aliphatic hydroxyl groups is 1. The lowest BCUT2D eigenvalue weighted by Gasteiger charge is -2.38. The number of nitrogens with one attached hydrogen (secondary N) is 1. The van der Waals surface area contributed by atoms with Crippen LogP contribution in [0.2, 0.25) is 0 Å². The van der Waals surface area contributed by atoms with Gasteiger partial charge in [0.2, 0.25) is 0 Å². The van der Waals surface area contributed by atoms with Gasteiger partial charge in [-0.1, -0.05) is 0 Å². The molecule has 1 aromatic rings. The molecule has 2 rings (SSSR count). The third-order valence-electron chi connectivity index (χ3n) is 2.50. The van der Waals surface area contributed by atoms with Crippen LogP contribution in [0.3, 0.4) is 0 Å². The lowest BCUT2D eigenvalue weighted by atomic mass is 9.87. The summed E-state index contributed by atoms with van der Waals surface area (Å²) in [6.45, 7) is 0.962. The molecule has 0 bridgehead atoms. The Morgan fingerprint density at radius 3 is 2.71 bits per heavy atom. The molecule has 3 nitrogen and oxygen atoms in total. The first-order chi connectivity index (χ1) is 6.65. The van der Waals surface area contributed by atoms with Crippen molar-refractivity contribution in [3.05, 3.63) is 29.6 Å². The second-order valence-electron chi connectivity index (χ2n) is 3.48. The van der Waals surface area contributed by atoms with Gasteiger partial charge in [0, 0.05) is 24.7 Å². The fourth-order valence-corrected chi connectivity index (χ4v) is 1.60. The zero-order valence-electron chi connectivity index (χ0n) is 7.88. The van der Waals surface area contributed by atoms with Gasteiger partial charge >= 0.3 is 0 Å². The smallest absolute Gasteiger partial charge is 0.127 e. The van der Waals surface area contributed by atoms with Crippen LogP contribution in [-0.2, 0) is 5.60 Å². The fourth-order valence-electron chi connectivity index (χ4n) is 1.60. The first-order valence-electron chi connectivity index (χ1n) is 4.43. The van der Waals surface area contributed by atoms with Gasteiger partial charge in [0.15, 0.2) is 0 Å². The average Bonchev–Trinajstić information content (AvgIpc) is 2.14. The predicted molar refractivity (Wildman–Crippen MR) is 49.7 cm³/mol. The minimum atomic E-state index is -0.904. The molecular formula is C10H12FNO2. The molecule has 76 valence electrons. The predicted octanol–water partition coefficient (Wildman–Crippen LogP) is 0.625. The Labute approximate surface area is 81.5 Å². The van der Waals surface area contributed by atoms with Gasteiger partial charge < -0.3 is 15.2 Å². The Kier molecular flexibility index (Phi) is 2.17. The van der Waals surface area contributed by atoms with Crippen LogP contribution < -0.4 is 10.1 Å². The minimum Gasteiger partial charge on any atom is -0.496 e. The van der Waals surface area contributed by atoms with E-state index < -0.39 is 5.60 Å². The van der Waals surface area contributed by atoms with Crippen molar-refractivity contribution in [3.8, 4) is 5.75 Å². The van der Waals surface area contributed by atoms with E-state index in [1.165, 1.54) is 19.2 Å². The highest BCUT2D eigenvalue weighted by atomic mass is 19.1. The highest BCUT2D eigenvalue weighted by Crippen LogP contribution is 2.33. The monoisotopic (exact) mass is 197 g/mol. The maximum atomic E-state index is 12.9. The molecule has 1 fully saturated rings. The first kappa shape index (κ1) is 9.43. The molecule has 1 aliphatic rings. The number of hydrogen-bond acceptors (Lipinski definition) is 3. The average molecular weight is 197 g/mol. The van der Waals surface area contributed by atoms with Crippen molar-refractivity contribution in [2.75, 3.05) is 20.2 Å². The van der Waals surface area contributed by atoms with Crippen LogP contribution in [-0.4, -0.2) is 25.3 Å². The van der Waals surface area contributed by atoms with Gasteiger partial charge in [-0.3, -0.25) is 0 Å². The highest BCUT2D eigenvalue weighted by Gasteiger charge is 2.38. The maximum absolute atomic E-state index is 12.9. The molecule has 0 saturated carbocycles. The Hall–Kier alpha value is -1.13. The Morgan fingerprint density at radius 1 is 1.50 bits per heavy atom. The summed E-state index contributed by atoms with van der Waals surface area (Å²) in [5, 5.41) is 13.0. The maximum Gasteiger partial charge on any atom is 0.127 e. The number of hydrogen-bond donors (Lipinski definition) is 2. The normalized spacial score (nSPS) is 18.8. The largest absolute Gasteiger partial charge is 0.496 e. The van der Waals surface area contributed by atoms with Crippen molar-refractivity contribution >= 4 is 0 Å². The topological polar surface area (TPSA) is 41.5 Å². The summed E-state index contributed by atoms with van der Waals surface area (Å²) < 4.78 is 17.9. The van der Waals surface area contributed by atoms with Crippen molar-refractivity contribution < 1.29 is 14.2 Å². The molecule has 0 spiro atoms. The molecule has 0 aliphatic carbocycles. The van der Waals surface area contributed by atoms with Crippen LogP contribution in [0.5, 0.6) is 5.75 Å². The first-order valence-corrected chi connectivity index (χ1v) is 4.43. The molecule has 14 heavy (non-hydrogen) atoms. The van der Waals surface area contributed by atoms with E-state index in [-0.39, 0.29) is 5.82 Å². The van der Waals surface area contributed by atoms with Gasteiger partial charge in [0.05, 0.1) is 7.11 Å². The second-order valence-corrected chi connectivity index (χ2v) is 3.48. The Balaban J connectivity index is 2.41. The number of benzene rings is 1. The number of halogens is 1. The summed E-state index contributed by atoms with van der Waals surface area (Å²) in [5.41, 5.74) is -0.265.